The summed E-state index contributed by atoms with van der Waals surface area (Å²) in [4.78, 5) is 37.9. The van der Waals surface area contributed by atoms with E-state index in [1.54, 1.807) is 0 Å². The van der Waals surface area contributed by atoms with Crippen LogP contribution in [0.2, 0.25) is 0 Å². The number of ether oxygens (including phenoxy) is 3. The minimum absolute atomic E-state index is 0.0896. The van der Waals surface area contributed by atoms with Crippen LogP contribution in [0.3, 0.4) is 0 Å². The van der Waals surface area contributed by atoms with Gasteiger partial charge in [0.25, 0.3) is 0 Å². The summed E-state index contributed by atoms with van der Waals surface area (Å²) < 4.78 is 16.8. The Morgan fingerprint density at radius 3 is 0.836 bits per heavy atom. The number of rotatable bonds is 55. The lowest BCUT2D eigenvalue weighted by Crippen LogP contribution is -2.30. The third kappa shape index (κ3) is 59.1. The van der Waals surface area contributed by atoms with Crippen LogP contribution in [0, 0.1) is 0 Å². The molecule has 0 saturated heterocycles. The molecule has 0 fully saturated rings. The van der Waals surface area contributed by atoms with Crippen molar-refractivity contribution in [3.63, 3.8) is 0 Å². The van der Waals surface area contributed by atoms with Crippen molar-refractivity contribution >= 4 is 17.9 Å². The Kier molecular flexibility index (Phi) is 57.8. The highest BCUT2D eigenvalue weighted by Crippen LogP contribution is 2.16. The quantitative estimate of drug-likeness (QED) is 0.0261. The molecule has 0 aliphatic heterocycles. The first-order valence-corrected chi connectivity index (χ1v) is 30.7. The summed E-state index contributed by atoms with van der Waals surface area (Å²) >= 11 is 0. The predicted molar refractivity (Wildman–Crippen MR) is 316 cm³/mol. The highest BCUT2D eigenvalue weighted by molar-refractivity contribution is 5.71. The Balaban J connectivity index is 4.20. The number of carbonyl (C=O) groups excluding carboxylic acids is 3. The summed E-state index contributed by atoms with van der Waals surface area (Å²) in [6.45, 7) is 6.45. The third-order valence-electron chi connectivity index (χ3n) is 13.1. The molecule has 418 valence electrons. The SMILES string of the molecule is CC/C=C\C/C=C\C/C=C\C/C=C\C/C=C\C/C=C\C/C=C\C/C=C\CCCCC(=O)OCC(COC(=O)CCCCCCCC)OC(=O)CCCCCCCCCCCCCCCCCCCCCCCC. The molecule has 0 aromatic rings. The first kappa shape index (κ1) is 69.3. The van der Waals surface area contributed by atoms with Crippen molar-refractivity contribution in [2.75, 3.05) is 13.2 Å². The normalized spacial score (nSPS) is 12.8. The van der Waals surface area contributed by atoms with Crippen molar-refractivity contribution in [1.82, 2.24) is 0 Å². The van der Waals surface area contributed by atoms with Gasteiger partial charge >= 0.3 is 17.9 Å². The lowest BCUT2D eigenvalue weighted by molar-refractivity contribution is -0.167. The van der Waals surface area contributed by atoms with Crippen molar-refractivity contribution in [2.45, 2.75) is 297 Å². The van der Waals surface area contributed by atoms with E-state index in [0.717, 1.165) is 109 Å². The molecule has 6 nitrogen and oxygen atoms in total. The van der Waals surface area contributed by atoms with Gasteiger partial charge in [-0.1, -0.05) is 285 Å². The number of carbonyl (C=O) groups is 3. The highest BCUT2D eigenvalue weighted by atomic mass is 16.6. The molecule has 1 unspecified atom stereocenters. The van der Waals surface area contributed by atoms with Gasteiger partial charge in [0.15, 0.2) is 6.10 Å². The van der Waals surface area contributed by atoms with Crippen LogP contribution < -0.4 is 0 Å². The van der Waals surface area contributed by atoms with Crippen LogP contribution in [0.15, 0.2) is 97.2 Å². The van der Waals surface area contributed by atoms with E-state index in [1.807, 2.05) is 0 Å². The van der Waals surface area contributed by atoms with Crippen LogP contribution in [0.4, 0.5) is 0 Å². The molecular weight excluding hydrogens is 901 g/mol. The molecule has 73 heavy (non-hydrogen) atoms. The number of esters is 3. The molecule has 0 aromatic heterocycles. The molecule has 0 spiro atoms. The maximum atomic E-state index is 12.8. The second-order valence-electron chi connectivity index (χ2n) is 20.2. The van der Waals surface area contributed by atoms with Crippen LogP contribution in [0.5, 0.6) is 0 Å². The molecule has 6 heteroatoms. The van der Waals surface area contributed by atoms with Gasteiger partial charge in [0.2, 0.25) is 0 Å². The summed E-state index contributed by atoms with van der Waals surface area (Å²) in [5.74, 6) is -0.937. The Labute approximate surface area is 451 Å². The van der Waals surface area contributed by atoms with Crippen LogP contribution >= 0.6 is 0 Å². The fraction of sp³-hybridized carbons (Fsp3) is 0.716. The Bertz CT molecular complexity index is 1440. The van der Waals surface area contributed by atoms with Gasteiger partial charge in [0.1, 0.15) is 13.2 Å². The number of hydrogen-bond acceptors (Lipinski definition) is 6. The van der Waals surface area contributed by atoms with E-state index in [9.17, 15) is 14.4 Å². The van der Waals surface area contributed by atoms with E-state index in [0.29, 0.717) is 19.3 Å². The molecule has 0 radical (unpaired) electrons. The van der Waals surface area contributed by atoms with Gasteiger partial charge in [0.05, 0.1) is 0 Å². The summed E-state index contributed by atoms with van der Waals surface area (Å²) in [6.07, 6.45) is 81.6. The van der Waals surface area contributed by atoms with Crippen LogP contribution in [-0.4, -0.2) is 37.2 Å². The maximum Gasteiger partial charge on any atom is 0.306 e. The zero-order valence-corrected chi connectivity index (χ0v) is 47.9. The molecule has 0 aliphatic carbocycles. The largest absolute Gasteiger partial charge is 0.462 e. The van der Waals surface area contributed by atoms with Crippen LogP contribution in [0.25, 0.3) is 0 Å². The fourth-order valence-corrected chi connectivity index (χ4v) is 8.52. The first-order chi connectivity index (χ1) is 36.0. The average Bonchev–Trinajstić information content (AvgIpc) is 3.39. The number of unbranched alkanes of at least 4 members (excludes halogenated alkanes) is 28. The molecule has 0 aromatic carbocycles. The van der Waals surface area contributed by atoms with Crippen molar-refractivity contribution in [2.24, 2.45) is 0 Å². The van der Waals surface area contributed by atoms with E-state index >= 15 is 0 Å². The molecule has 0 heterocycles. The number of allylic oxidation sites excluding steroid dienone is 16. The highest BCUT2D eigenvalue weighted by Gasteiger charge is 2.19. The second kappa shape index (κ2) is 60.9. The van der Waals surface area contributed by atoms with Crippen molar-refractivity contribution in [3.05, 3.63) is 97.2 Å². The molecule has 0 N–H and O–H groups in total. The Hall–Kier alpha value is -3.67. The minimum atomic E-state index is -0.792. The van der Waals surface area contributed by atoms with Crippen molar-refractivity contribution < 1.29 is 28.6 Å². The second-order valence-corrected chi connectivity index (χ2v) is 20.2. The fourth-order valence-electron chi connectivity index (χ4n) is 8.52. The average molecular weight is 1020 g/mol. The predicted octanol–water partition coefficient (Wildman–Crippen LogP) is 20.9. The minimum Gasteiger partial charge on any atom is -0.462 e. The van der Waals surface area contributed by atoms with Crippen molar-refractivity contribution in [1.29, 1.82) is 0 Å². The monoisotopic (exact) mass is 1010 g/mol. The molecule has 1 atom stereocenters. The van der Waals surface area contributed by atoms with Gasteiger partial charge in [-0.25, -0.2) is 0 Å². The zero-order chi connectivity index (χ0) is 52.9. The van der Waals surface area contributed by atoms with E-state index in [1.165, 1.54) is 141 Å². The van der Waals surface area contributed by atoms with Crippen LogP contribution in [0.1, 0.15) is 290 Å². The van der Waals surface area contributed by atoms with Gasteiger partial charge in [-0.2, -0.15) is 0 Å². The van der Waals surface area contributed by atoms with Crippen LogP contribution in [-0.2, 0) is 28.6 Å². The molecular formula is C67H114O6. The van der Waals surface area contributed by atoms with Crippen molar-refractivity contribution in [3.8, 4) is 0 Å². The van der Waals surface area contributed by atoms with Gasteiger partial charge in [-0.3, -0.25) is 14.4 Å². The van der Waals surface area contributed by atoms with Gasteiger partial charge in [0, 0.05) is 19.3 Å². The Morgan fingerprint density at radius 2 is 0.534 bits per heavy atom. The van der Waals surface area contributed by atoms with Gasteiger partial charge in [-0.15, -0.1) is 0 Å². The van der Waals surface area contributed by atoms with E-state index in [4.69, 9.17) is 14.2 Å². The lowest BCUT2D eigenvalue weighted by Gasteiger charge is -2.18. The summed E-state index contributed by atoms with van der Waals surface area (Å²) in [6, 6.07) is 0. The molecule has 0 amide bonds. The zero-order valence-electron chi connectivity index (χ0n) is 47.9. The van der Waals surface area contributed by atoms with Gasteiger partial charge < -0.3 is 14.2 Å². The van der Waals surface area contributed by atoms with E-state index in [2.05, 4.69) is 118 Å². The number of hydrogen-bond donors (Lipinski definition) is 0. The van der Waals surface area contributed by atoms with E-state index < -0.39 is 6.10 Å². The summed E-state index contributed by atoms with van der Waals surface area (Å²) in [5, 5.41) is 0. The topological polar surface area (TPSA) is 78.9 Å². The van der Waals surface area contributed by atoms with Gasteiger partial charge in [-0.05, 0) is 83.5 Å². The molecule has 0 bridgehead atoms. The first-order valence-electron chi connectivity index (χ1n) is 30.7. The smallest absolute Gasteiger partial charge is 0.306 e. The molecule has 0 saturated carbocycles. The molecule has 0 aliphatic rings. The summed E-state index contributed by atoms with van der Waals surface area (Å²) in [7, 11) is 0. The summed E-state index contributed by atoms with van der Waals surface area (Å²) in [5.41, 5.74) is 0. The molecule has 0 rings (SSSR count). The maximum absolute atomic E-state index is 12.8. The Morgan fingerprint density at radius 1 is 0.288 bits per heavy atom. The lowest BCUT2D eigenvalue weighted by atomic mass is 10.0. The standard InChI is InChI=1S/C67H114O6/c1-4-7-10-13-16-18-20-22-24-26-28-30-32-33-34-35-36-38-39-41-43-45-47-49-51-54-57-60-66(69)72-63-64(62-71-65(68)59-56-53-15-12-9-6-3)73-67(70)61-58-55-52-50-48-46-44-42-40-37-31-29-27-25-23-21-19-17-14-11-8-5-2/h7,10,16,18,22,24,28,30,33-34,36,38,41,43,47,49,64H,4-6,8-9,11-15,17,19-21,23,25-27,29,31-32,35,37,39-40,42,44-46,48,50-63H2,1-3H3/b10-7-,18-16-,24-22-,30-28-,34-33-,38-36-,43-41-,49-47-. The third-order valence-corrected chi connectivity index (χ3v) is 13.1. The van der Waals surface area contributed by atoms with E-state index in [-0.39, 0.29) is 31.1 Å².